The first-order valence-corrected chi connectivity index (χ1v) is 7.02. The van der Waals surface area contributed by atoms with Crippen LogP contribution >= 0.6 is 0 Å². The van der Waals surface area contributed by atoms with Gasteiger partial charge in [-0.1, -0.05) is 12.8 Å². The van der Waals surface area contributed by atoms with Gasteiger partial charge < -0.3 is 10.1 Å². The Labute approximate surface area is 109 Å². The zero-order valence-electron chi connectivity index (χ0n) is 11.2. The number of hydrogen-bond acceptors (Lipinski definition) is 4. The van der Waals surface area contributed by atoms with Crippen LogP contribution in [0.4, 0.5) is 0 Å². The van der Waals surface area contributed by atoms with Gasteiger partial charge in [-0.2, -0.15) is 5.10 Å². The minimum atomic E-state index is 0.415. The van der Waals surface area contributed by atoms with Gasteiger partial charge in [0.2, 0.25) is 0 Å². The summed E-state index contributed by atoms with van der Waals surface area (Å²) in [4.78, 5) is 3.93. The summed E-state index contributed by atoms with van der Waals surface area (Å²) < 4.78 is 7.68. The molecule has 18 heavy (non-hydrogen) atoms. The smallest absolute Gasteiger partial charge is 0.137 e. The summed E-state index contributed by atoms with van der Waals surface area (Å²) in [5.41, 5.74) is 0. The summed E-state index contributed by atoms with van der Waals surface area (Å²) in [5.74, 6) is 0. The second-order valence-electron chi connectivity index (χ2n) is 5.10. The van der Waals surface area contributed by atoms with E-state index in [1.165, 1.54) is 25.7 Å². The average Bonchev–Trinajstić information content (AvgIpc) is 3.01. The second-order valence-corrected chi connectivity index (χ2v) is 5.10. The van der Waals surface area contributed by atoms with E-state index >= 15 is 0 Å². The van der Waals surface area contributed by atoms with Gasteiger partial charge in [-0.25, -0.2) is 4.98 Å². The maximum Gasteiger partial charge on any atom is 0.137 e. The molecule has 0 aliphatic heterocycles. The van der Waals surface area contributed by atoms with E-state index in [4.69, 9.17) is 4.74 Å². The Morgan fingerprint density at radius 1 is 1.44 bits per heavy atom. The molecule has 1 N–H and O–H groups in total. The largest absolute Gasteiger partial charge is 0.378 e. The summed E-state index contributed by atoms with van der Waals surface area (Å²) >= 11 is 0. The van der Waals surface area contributed by atoms with Crippen LogP contribution in [0.2, 0.25) is 0 Å². The van der Waals surface area contributed by atoms with Crippen LogP contribution in [-0.4, -0.2) is 40.1 Å². The van der Waals surface area contributed by atoms with Crippen LogP contribution in [0, 0.1) is 0 Å². The van der Waals surface area contributed by atoms with Gasteiger partial charge in [0.1, 0.15) is 12.7 Å². The lowest BCUT2D eigenvalue weighted by molar-refractivity contribution is 0.0566. The van der Waals surface area contributed by atoms with Gasteiger partial charge >= 0.3 is 0 Å². The molecule has 102 valence electrons. The third kappa shape index (κ3) is 4.74. The number of nitrogens with one attached hydrogen (secondary N) is 1. The Bertz CT molecular complexity index is 309. The Kier molecular flexibility index (Phi) is 5.61. The molecule has 1 atom stereocenters. The molecular formula is C13H24N4O. The van der Waals surface area contributed by atoms with Crippen LogP contribution in [0.25, 0.3) is 0 Å². The third-order valence-corrected chi connectivity index (χ3v) is 3.40. The highest BCUT2D eigenvalue weighted by Gasteiger charge is 2.14. The van der Waals surface area contributed by atoms with Crippen molar-refractivity contribution >= 4 is 0 Å². The first kappa shape index (κ1) is 13.5. The number of aromatic nitrogens is 3. The first-order valence-electron chi connectivity index (χ1n) is 7.02. The molecule has 5 nitrogen and oxygen atoms in total. The Hall–Kier alpha value is -0.940. The molecular weight excluding hydrogens is 228 g/mol. The zero-order valence-corrected chi connectivity index (χ0v) is 11.2. The molecule has 0 aromatic carbocycles. The third-order valence-electron chi connectivity index (χ3n) is 3.40. The summed E-state index contributed by atoms with van der Waals surface area (Å²) in [6.07, 6.45) is 10.2. The fourth-order valence-corrected chi connectivity index (χ4v) is 2.40. The molecule has 0 radical (unpaired) electrons. The van der Waals surface area contributed by atoms with Gasteiger partial charge in [0.05, 0.1) is 12.6 Å². The molecule has 0 unspecified atom stereocenters. The van der Waals surface area contributed by atoms with E-state index in [1.54, 1.807) is 12.7 Å². The van der Waals surface area contributed by atoms with Gasteiger partial charge in [-0.15, -0.1) is 0 Å². The Morgan fingerprint density at radius 2 is 2.28 bits per heavy atom. The minimum Gasteiger partial charge on any atom is -0.378 e. The van der Waals surface area contributed by atoms with E-state index in [9.17, 15) is 0 Å². The van der Waals surface area contributed by atoms with Crippen molar-refractivity contribution in [2.75, 3.05) is 13.2 Å². The van der Waals surface area contributed by atoms with Crippen molar-refractivity contribution in [3.05, 3.63) is 12.7 Å². The van der Waals surface area contributed by atoms with Crippen molar-refractivity contribution in [1.29, 1.82) is 0 Å². The van der Waals surface area contributed by atoms with E-state index in [0.717, 1.165) is 26.1 Å². The average molecular weight is 252 g/mol. The van der Waals surface area contributed by atoms with Gasteiger partial charge in [-0.3, -0.25) is 4.68 Å². The van der Waals surface area contributed by atoms with Crippen LogP contribution in [0.3, 0.4) is 0 Å². The number of rotatable bonds is 8. The number of ether oxygens (including phenoxy) is 1. The first-order chi connectivity index (χ1) is 8.84. The highest BCUT2D eigenvalue weighted by molar-refractivity contribution is 4.67. The number of hydrogen-bond donors (Lipinski definition) is 1. The van der Waals surface area contributed by atoms with Crippen LogP contribution in [-0.2, 0) is 11.3 Å². The molecule has 1 saturated carbocycles. The molecule has 2 rings (SSSR count). The highest BCUT2D eigenvalue weighted by atomic mass is 16.5. The van der Waals surface area contributed by atoms with E-state index in [1.807, 2.05) is 4.68 Å². The van der Waals surface area contributed by atoms with Crippen molar-refractivity contribution in [2.24, 2.45) is 0 Å². The molecule has 1 aromatic rings. The summed E-state index contributed by atoms with van der Waals surface area (Å²) in [6.45, 7) is 4.92. The van der Waals surface area contributed by atoms with E-state index in [-0.39, 0.29) is 0 Å². The fourth-order valence-electron chi connectivity index (χ4n) is 2.40. The zero-order chi connectivity index (χ0) is 12.6. The monoisotopic (exact) mass is 252 g/mol. The number of nitrogens with zero attached hydrogens (tertiary/aromatic N) is 3. The molecule has 1 aliphatic carbocycles. The lowest BCUT2D eigenvalue weighted by Gasteiger charge is -2.14. The summed E-state index contributed by atoms with van der Waals surface area (Å²) in [6, 6.07) is 0.415. The van der Waals surface area contributed by atoms with Crippen LogP contribution in [0.15, 0.2) is 12.7 Å². The minimum absolute atomic E-state index is 0.415. The van der Waals surface area contributed by atoms with Crippen molar-refractivity contribution in [2.45, 2.75) is 57.7 Å². The van der Waals surface area contributed by atoms with E-state index in [0.29, 0.717) is 12.1 Å². The fraction of sp³-hybridized carbons (Fsp3) is 0.846. The summed E-state index contributed by atoms with van der Waals surface area (Å²) in [7, 11) is 0. The molecule has 0 bridgehead atoms. The normalized spacial score (nSPS) is 18.3. The lowest BCUT2D eigenvalue weighted by Crippen LogP contribution is -2.32. The van der Waals surface area contributed by atoms with Gasteiger partial charge in [-0.05, 0) is 32.7 Å². The van der Waals surface area contributed by atoms with Crippen LogP contribution in [0.5, 0.6) is 0 Å². The van der Waals surface area contributed by atoms with Crippen LogP contribution < -0.4 is 5.32 Å². The van der Waals surface area contributed by atoms with Crippen molar-refractivity contribution < 1.29 is 4.74 Å². The molecule has 5 heteroatoms. The SMILES string of the molecule is C[C@@H](Cn1cncn1)NCCCOC1CCCC1. The Balaban J connectivity index is 1.47. The molecule has 0 spiro atoms. The quantitative estimate of drug-likeness (QED) is 0.714. The van der Waals surface area contributed by atoms with Crippen molar-refractivity contribution in [3.63, 3.8) is 0 Å². The lowest BCUT2D eigenvalue weighted by atomic mass is 10.3. The van der Waals surface area contributed by atoms with E-state index < -0.39 is 0 Å². The standard InChI is InChI=1S/C13H24N4O/c1-12(9-17-11-14-10-16-17)15-7-4-8-18-13-5-2-3-6-13/h10-13,15H,2-9H2,1H3/t12-/m0/s1. The topological polar surface area (TPSA) is 52.0 Å². The van der Waals surface area contributed by atoms with Crippen molar-refractivity contribution in [1.82, 2.24) is 20.1 Å². The van der Waals surface area contributed by atoms with Gasteiger partial charge in [0, 0.05) is 12.6 Å². The molecule has 0 saturated heterocycles. The molecule has 1 aliphatic rings. The molecule has 1 heterocycles. The predicted molar refractivity (Wildman–Crippen MR) is 70.3 cm³/mol. The molecule has 1 fully saturated rings. The maximum absolute atomic E-state index is 5.82. The van der Waals surface area contributed by atoms with Gasteiger partial charge in [0.15, 0.2) is 0 Å². The maximum atomic E-state index is 5.82. The Morgan fingerprint density at radius 3 is 3.00 bits per heavy atom. The van der Waals surface area contributed by atoms with Crippen molar-refractivity contribution in [3.8, 4) is 0 Å². The summed E-state index contributed by atoms with van der Waals surface area (Å²) in [5, 5.41) is 7.57. The highest BCUT2D eigenvalue weighted by Crippen LogP contribution is 2.20. The predicted octanol–water partition coefficient (Wildman–Crippen LogP) is 1.61. The van der Waals surface area contributed by atoms with Crippen LogP contribution in [0.1, 0.15) is 39.0 Å². The van der Waals surface area contributed by atoms with Gasteiger partial charge in [0.25, 0.3) is 0 Å². The second kappa shape index (κ2) is 7.48. The molecule has 1 aromatic heterocycles. The molecule has 0 amide bonds. The van der Waals surface area contributed by atoms with E-state index in [2.05, 4.69) is 22.3 Å².